The summed E-state index contributed by atoms with van der Waals surface area (Å²) < 4.78 is 0. The van der Waals surface area contributed by atoms with Crippen LogP contribution < -0.4 is 11.3 Å². The van der Waals surface area contributed by atoms with Crippen LogP contribution in [0.15, 0.2) is 47.2 Å². The third-order valence-electron chi connectivity index (χ3n) is 2.37. The SMILES string of the molecule is C=C(NN)C1=CC=C(/C(C)=C/C)C1.CC.CC. The number of nitrogens with two attached hydrogens (primary N) is 1. The van der Waals surface area contributed by atoms with Crippen LogP contribution in [0.4, 0.5) is 0 Å². The first kappa shape index (κ1) is 18.1. The second-order valence-corrected chi connectivity index (χ2v) is 3.16. The Bertz CT molecular complexity index is 307. The number of nitrogens with one attached hydrogen (secondary N) is 1. The molecule has 2 heteroatoms. The molecule has 0 spiro atoms. The van der Waals surface area contributed by atoms with Gasteiger partial charge in [0.05, 0.1) is 0 Å². The van der Waals surface area contributed by atoms with Crippen molar-refractivity contribution in [3.8, 4) is 0 Å². The van der Waals surface area contributed by atoms with Crippen molar-refractivity contribution in [2.24, 2.45) is 5.84 Å². The van der Waals surface area contributed by atoms with Crippen LogP contribution in [0.25, 0.3) is 0 Å². The van der Waals surface area contributed by atoms with Gasteiger partial charge >= 0.3 is 0 Å². The van der Waals surface area contributed by atoms with E-state index in [2.05, 4.69) is 37.2 Å². The van der Waals surface area contributed by atoms with Crippen molar-refractivity contribution in [1.29, 1.82) is 0 Å². The fraction of sp³-hybridized carbons (Fsp3) is 0.467. The molecule has 2 nitrogen and oxygen atoms in total. The lowest BCUT2D eigenvalue weighted by Crippen LogP contribution is -2.21. The zero-order valence-electron chi connectivity index (χ0n) is 12.2. The van der Waals surface area contributed by atoms with Crippen LogP contribution in [0.5, 0.6) is 0 Å². The number of rotatable bonds is 3. The highest BCUT2D eigenvalue weighted by Gasteiger charge is 2.10. The van der Waals surface area contributed by atoms with Gasteiger partial charge in [-0.3, -0.25) is 5.84 Å². The number of hydrogen-bond acceptors (Lipinski definition) is 2. The molecule has 0 aromatic heterocycles. The Morgan fingerprint density at radius 1 is 1.24 bits per heavy atom. The van der Waals surface area contributed by atoms with Gasteiger partial charge in [0.15, 0.2) is 0 Å². The molecule has 0 aromatic rings. The second kappa shape index (κ2) is 11.2. The van der Waals surface area contributed by atoms with E-state index in [1.165, 1.54) is 16.7 Å². The highest BCUT2D eigenvalue weighted by molar-refractivity contribution is 5.47. The third-order valence-corrected chi connectivity index (χ3v) is 2.37. The van der Waals surface area contributed by atoms with Gasteiger partial charge in [0.2, 0.25) is 0 Å². The minimum atomic E-state index is 0.801. The molecule has 0 atom stereocenters. The van der Waals surface area contributed by atoms with Gasteiger partial charge in [0, 0.05) is 5.70 Å². The molecule has 0 heterocycles. The lowest BCUT2D eigenvalue weighted by Gasteiger charge is -2.07. The fourth-order valence-corrected chi connectivity index (χ4v) is 1.28. The van der Waals surface area contributed by atoms with Crippen molar-refractivity contribution in [2.45, 2.75) is 48.0 Å². The summed E-state index contributed by atoms with van der Waals surface area (Å²) >= 11 is 0. The zero-order chi connectivity index (χ0) is 13.8. The first-order valence-electron chi connectivity index (χ1n) is 6.38. The van der Waals surface area contributed by atoms with Gasteiger partial charge in [-0.25, -0.2) is 0 Å². The molecule has 0 unspecified atom stereocenters. The molecule has 0 aromatic carbocycles. The summed E-state index contributed by atoms with van der Waals surface area (Å²) in [4.78, 5) is 0. The molecule has 0 fully saturated rings. The van der Waals surface area contributed by atoms with Gasteiger partial charge < -0.3 is 5.43 Å². The summed E-state index contributed by atoms with van der Waals surface area (Å²) in [6.07, 6.45) is 7.22. The van der Waals surface area contributed by atoms with E-state index >= 15 is 0 Å². The second-order valence-electron chi connectivity index (χ2n) is 3.16. The molecular formula is C15H28N2. The molecule has 3 N–H and O–H groups in total. The topological polar surface area (TPSA) is 38.0 Å². The van der Waals surface area contributed by atoms with E-state index in [1.807, 2.05) is 34.6 Å². The van der Waals surface area contributed by atoms with Crippen LogP contribution in [0, 0.1) is 0 Å². The minimum Gasteiger partial charge on any atom is -0.324 e. The maximum Gasteiger partial charge on any atom is 0.0448 e. The average Bonchev–Trinajstić information content (AvgIpc) is 2.91. The monoisotopic (exact) mass is 236 g/mol. The Labute approximate surface area is 107 Å². The molecule has 0 saturated heterocycles. The number of hydrazine groups is 1. The molecule has 1 aliphatic carbocycles. The molecular weight excluding hydrogens is 208 g/mol. The van der Waals surface area contributed by atoms with Gasteiger partial charge in [-0.1, -0.05) is 58.1 Å². The van der Waals surface area contributed by atoms with Gasteiger partial charge in [-0.2, -0.15) is 0 Å². The minimum absolute atomic E-state index is 0.801. The summed E-state index contributed by atoms with van der Waals surface area (Å²) in [5.74, 6) is 5.28. The van der Waals surface area contributed by atoms with Crippen molar-refractivity contribution in [3.05, 3.63) is 47.2 Å². The molecule has 0 aliphatic heterocycles. The molecule has 98 valence electrons. The van der Waals surface area contributed by atoms with Crippen molar-refractivity contribution in [3.63, 3.8) is 0 Å². The molecule has 0 bridgehead atoms. The van der Waals surface area contributed by atoms with Gasteiger partial charge in [0.25, 0.3) is 0 Å². The van der Waals surface area contributed by atoms with Crippen molar-refractivity contribution >= 4 is 0 Å². The summed E-state index contributed by atoms with van der Waals surface area (Å²) in [5, 5.41) is 0. The molecule has 0 radical (unpaired) electrons. The first-order valence-corrected chi connectivity index (χ1v) is 6.38. The Balaban J connectivity index is 0. The fourth-order valence-electron chi connectivity index (χ4n) is 1.28. The molecule has 0 saturated carbocycles. The van der Waals surface area contributed by atoms with Crippen LogP contribution in [-0.2, 0) is 0 Å². The Morgan fingerprint density at radius 2 is 1.71 bits per heavy atom. The van der Waals surface area contributed by atoms with Crippen molar-refractivity contribution in [2.75, 3.05) is 0 Å². The van der Waals surface area contributed by atoms with Gasteiger partial charge in [-0.05, 0) is 31.4 Å². The molecule has 1 aliphatic rings. The van der Waals surface area contributed by atoms with Crippen molar-refractivity contribution < 1.29 is 0 Å². The Hall–Kier alpha value is -1.28. The summed E-state index contributed by atoms with van der Waals surface area (Å²) in [7, 11) is 0. The van der Waals surface area contributed by atoms with E-state index in [0.717, 1.165) is 12.1 Å². The van der Waals surface area contributed by atoms with Crippen molar-refractivity contribution in [1.82, 2.24) is 5.43 Å². The molecule has 17 heavy (non-hydrogen) atoms. The van der Waals surface area contributed by atoms with Crippen LogP contribution in [0.3, 0.4) is 0 Å². The quantitative estimate of drug-likeness (QED) is 0.568. The third kappa shape index (κ3) is 6.12. The lowest BCUT2D eigenvalue weighted by atomic mass is 10.0. The first-order chi connectivity index (χ1) is 8.19. The van der Waals surface area contributed by atoms with E-state index in [9.17, 15) is 0 Å². The van der Waals surface area contributed by atoms with E-state index in [0.29, 0.717) is 0 Å². The van der Waals surface area contributed by atoms with E-state index < -0.39 is 0 Å². The van der Waals surface area contributed by atoms with Crippen LogP contribution in [-0.4, -0.2) is 0 Å². The predicted octanol–water partition coefficient (Wildman–Crippen LogP) is 4.24. The van der Waals surface area contributed by atoms with E-state index in [1.54, 1.807) is 0 Å². The summed E-state index contributed by atoms with van der Waals surface area (Å²) in [6, 6.07) is 0. The highest BCUT2D eigenvalue weighted by Crippen LogP contribution is 2.27. The van der Waals surface area contributed by atoms with Crippen LogP contribution in [0.2, 0.25) is 0 Å². The van der Waals surface area contributed by atoms with E-state index in [4.69, 9.17) is 5.84 Å². The highest BCUT2D eigenvalue weighted by atomic mass is 15.2. The lowest BCUT2D eigenvalue weighted by molar-refractivity contribution is 0.888. The van der Waals surface area contributed by atoms with Gasteiger partial charge in [0.1, 0.15) is 0 Å². The maximum absolute atomic E-state index is 5.28. The number of hydrogen-bond donors (Lipinski definition) is 2. The summed E-state index contributed by atoms with van der Waals surface area (Å²) in [5.41, 5.74) is 7.19. The Kier molecular flexibility index (Phi) is 11.9. The smallest absolute Gasteiger partial charge is 0.0448 e. The van der Waals surface area contributed by atoms with E-state index in [-0.39, 0.29) is 0 Å². The van der Waals surface area contributed by atoms with Crippen LogP contribution in [0.1, 0.15) is 48.0 Å². The average molecular weight is 236 g/mol. The Morgan fingerprint density at radius 3 is 2.12 bits per heavy atom. The largest absolute Gasteiger partial charge is 0.324 e. The summed E-state index contributed by atoms with van der Waals surface area (Å²) in [6.45, 7) is 16.0. The predicted molar refractivity (Wildman–Crippen MR) is 79.4 cm³/mol. The zero-order valence-corrected chi connectivity index (χ0v) is 12.2. The molecule has 0 amide bonds. The van der Waals surface area contributed by atoms with Gasteiger partial charge in [-0.15, -0.1) is 0 Å². The number of allylic oxidation sites excluding steroid dienone is 6. The normalized spacial score (nSPS) is 13.5. The molecule has 1 rings (SSSR count). The standard InChI is InChI=1S/C11H16N2.2C2H6/c1-4-8(2)10-5-6-11(7-10)9(3)13-12;2*1-2/h4-6,13H,3,7,12H2,1-2H3;2*1-2H3/b8-4+;;. The maximum atomic E-state index is 5.28. The van der Waals surface area contributed by atoms with Crippen LogP contribution >= 0.6 is 0 Å².